The highest BCUT2D eigenvalue weighted by Crippen LogP contribution is 2.42. The van der Waals surface area contributed by atoms with E-state index in [-0.39, 0.29) is 17.0 Å². The molecule has 0 aromatic heterocycles. The van der Waals surface area contributed by atoms with Gasteiger partial charge in [-0.25, -0.2) is 0 Å². The Kier molecular flexibility index (Phi) is 7.18. The number of anilines is 2. The molecule has 2 aromatic carbocycles. The van der Waals surface area contributed by atoms with Gasteiger partial charge in [-0.2, -0.15) is 0 Å². The second-order valence-electron chi connectivity index (χ2n) is 8.94. The normalized spacial score (nSPS) is 18.1. The number of nitrogens with zero attached hydrogens (tertiary/aromatic N) is 2. The summed E-state index contributed by atoms with van der Waals surface area (Å²) in [5, 5.41) is 2.70. The first-order valence-electron chi connectivity index (χ1n) is 11.1. The minimum atomic E-state index is -0.511. The summed E-state index contributed by atoms with van der Waals surface area (Å²) in [7, 11) is 0. The van der Waals surface area contributed by atoms with Crippen LogP contribution in [0.1, 0.15) is 38.8 Å². The molecule has 2 heterocycles. The van der Waals surface area contributed by atoms with Gasteiger partial charge in [0.15, 0.2) is 0 Å². The Morgan fingerprint density at radius 1 is 1.20 bits per heavy atom. The Labute approximate surface area is 222 Å². The molecule has 1 fully saturated rings. The van der Waals surface area contributed by atoms with Crippen LogP contribution < -0.4 is 10.2 Å². The van der Waals surface area contributed by atoms with Crippen LogP contribution in [0.3, 0.4) is 0 Å². The lowest BCUT2D eigenvalue weighted by molar-refractivity contribution is -0.127. The Morgan fingerprint density at radius 3 is 2.54 bits per heavy atom. The van der Waals surface area contributed by atoms with Crippen molar-refractivity contribution in [2.45, 2.75) is 33.2 Å². The molecule has 1 N–H and O–H groups in total. The molecule has 3 amide bonds. The van der Waals surface area contributed by atoms with E-state index in [0.717, 1.165) is 44.5 Å². The maximum atomic E-state index is 13.0. The fraction of sp³-hybridized carbons (Fsp3) is 0.269. The van der Waals surface area contributed by atoms with Crippen LogP contribution in [0.2, 0.25) is 5.02 Å². The van der Waals surface area contributed by atoms with E-state index in [1.807, 2.05) is 12.1 Å². The van der Waals surface area contributed by atoms with Crippen molar-refractivity contribution in [1.29, 1.82) is 0 Å². The maximum Gasteiger partial charge on any atom is 0.294 e. The second kappa shape index (κ2) is 9.84. The summed E-state index contributed by atoms with van der Waals surface area (Å²) in [6.45, 7) is 8.94. The molecule has 9 heteroatoms. The average Bonchev–Trinajstić information content (AvgIpc) is 3.03. The lowest BCUT2D eigenvalue weighted by atomic mass is 9.88. The van der Waals surface area contributed by atoms with Gasteiger partial charge in [0.1, 0.15) is 6.54 Å². The third-order valence-corrected chi connectivity index (χ3v) is 7.77. The molecule has 6 nitrogen and oxygen atoms in total. The van der Waals surface area contributed by atoms with E-state index in [1.54, 1.807) is 30.3 Å². The molecule has 2 aliphatic heterocycles. The van der Waals surface area contributed by atoms with Crippen molar-refractivity contribution in [3.63, 3.8) is 0 Å². The number of likely N-dealkylation sites (N-methyl/N-ethyl adjacent to an activating group) is 1. The molecule has 0 saturated carbocycles. The first-order valence-corrected chi connectivity index (χ1v) is 13.1. The van der Waals surface area contributed by atoms with Gasteiger partial charge in [-0.3, -0.25) is 19.3 Å². The number of nitrogens with one attached hydrogen (secondary N) is 1. The summed E-state index contributed by atoms with van der Waals surface area (Å²) in [4.78, 5) is 41.4. The molecule has 0 radical (unpaired) electrons. The van der Waals surface area contributed by atoms with Crippen LogP contribution in [0.4, 0.5) is 16.2 Å². The van der Waals surface area contributed by atoms with Gasteiger partial charge in [-0.05, 0) is 93.1 Å². The predicted octanol–water partition coefficient (Wildman–Crippen LogP) is 6.80. The van der Waals surface area contributed by atoms with Crippen LogP contribution >= 0.6 is 39.3 Å². The summed E-state index contributed by atoms with van der Waals surface area (Å²) in [5.74, 6) is -0.964. The molecule has 0 unspecified atom stereocenters. The number of amides is 3. The van der Waals surface area contributed by atoms with Crippen molar-refractivity contribution in [3.8, 4) is 0 Å². The van der Waals surface area contributed by atoms with E-state index < -0.39 is 17.1 Å². The highest BCUT2D eigenvalue weighted by atomic mass is 79.9. The summed E-state index contributed by atoms with van der Waals surface area (Å²) in [5.41, 5.74) is 4.29. The largest absolute Gasteiger partial charge is 0.363 e. The molecule has 0 bridgehead atoms. The molecule has 182 valence electrons. The predicted molar refractivity (Wildman–Crippen MR) is 148 cm³/mol. The topological polar surface area (TPSA) is 69.7 Å². The molecule has 2 aliphatic rings. The number of fused-ring (bicyclic) bond motifs is 1. The molecule has 0 atom stereocenters. The van der Waals surface area contributed by atoms with Gasteiger partial charge >= 0.3 is 0 Å². The summed E-state index contributed by atoms with van der Waals surface area (Å²) in [6, 6.07) is 10.9. The first kappa shape index (κ1) is 25.5. The zero-order chi connectivity index (χ0) is 25.5. The Bertz CT molecular complexity index is 1290. The Balaban J connectivity index is 1.56. The number of allylic oxidation sites excluding steroid dienone is 1. The van der Waals surface area contributed by atoms with Gasteiger partial charge in [-0.1, -0.05) is 33.6 Å². The Morgan fingerprint density at radius 2 is 1.89 bits per heavy atom. The number of thioether (sulfide) groups is 1. The first-order chi connectivity index (χ1) is 16.5. The van der Waals surface area contributed by atoms with E-state index in [4.69, 9.17) is 11.6 Å². The summed E-state index contributed by atoms with van der Waals surface area (Å²) in [6.07, 6.45) is 3.85. The molecule has 35 heavy (non-hydrogen) atoms. The van der Waals surface area contributed by atoms with E-state index >= 15 is 0 Å². The van der Waals surface area contributed by atoms with Crippen molar-refractivity contribution in [3.05, 3.63) is 68.0 Å². The number of rotatable bonds is 5. The zero-order valence-corrected chi connectivity index (χ0v) is 23.0. The van der Waals surface area contributed by atoms with E-state index in [1.165, 1.54) is 0 Å². The van der Waals surface area contributed by atoms with E-state index in [9.17, 15) is 14.4 Å². The second-order valence-corrected chi connectivity index (χ2v) is 11.3. The molecule has 1 saturated heterocycles. The van der Waals surface area contributed by atoms with Crippen molar-refractivity contribution >= 4 is 79.4 Å². The molecule has 4 rings (SSSR count). The quantitative estimate of drug-likeness (QED) is 0.398. The van der Waals surface area contributed by atoms with Crippen molar-refractivity contribution < 1.29 is 14.4 Å². The lowest BCUT2D eigenvalue weighted by Crippen LogP contribution is -2.44. The van der Waals surface area contributed by atoms with Gasteiger partial charge in [0.25, 0.3) is 11.1 Å². The van der Waals surface area contributed by atoms with Crippen LogP contribution in [0.15, 0.2) is 51.9 Å². The zero-order valence-electron chi connectivity index (χ0n) is 19.8. The number of carbonyl (C=O) groups excluding carboxylic acids is 3. The molecular weight excluding hydrogens is 550 g/mol. The van der Waals surface area contributed by atoms with Crippen LogP contribution in [0, 0.1) is 0 Å². The third-order valence-electron chi connectivity index (χ3n) is 6.00. The maximum absolute atomic E-state index is 13.0. The van der Waals surface area contributed by atoms with E-state index in [2.05, 4.69) is 59.9 Å². The third kappa shape index (κ3) is 5.20. The Hall–Kier alpha value is -2.55. The van der Waals surface area contributed by atoms with E-state index in [0.29, 0.717) is 16.3 Å². The number of hydrogen-bond donors (Lipinski definition) is 1. The highest BCUT2D eigenvalue weighted by molar-refractivity contribution is 9.10. The highest BCUT2D eigenvalue weighted by Gasteiger charge is 2.37. The smallest absolute Gasteiger partial charge is 0.294 e. The number of benzene rings is 2. The SMILES string of the molecule is CCN1c2cc(Cl)c(/C=C3/SC(=O)N(CC(=O)Nc4ccc(Br)cc4)C3=O)cc2C(C)=CC1(C)C. The van der Waals surface area contributed by atoms with Gasteiger partial charge in [0, 0.05) is 33.0 Å². The van der Waals surface area contributed by atoms with Crippen LogP contribution in [0.5, 0.6) is 0 Å². The summed E-state index contributed by atoms with van der Waals surface area (Å²) >= 11 is 10.8. The molecule has 2 aromatic rings. The van der Waals surface area contributed by atoms with Crippen molar-refractivity contribution in [1.82, 2.24) is 4.90 Å². The van der Waals surface area contributed by atoms with Crippen molar-refractivity contribution in [2.75, 3.05) is 23.3 Å². The minimum Gasteiger partial charge on any atom is -0.363 e. The summed E-state index contributed by atoms with van der Waals surface area (Å²) < 4.78 is 0.879. The van der Waals surface area contributed by atoms with Gasteiger partial charge in [0.2, 0.25) is 5.91 Å². The van der Waals surface area contributed by atoms with Gasteiger partial charge < -0.3 is 10.2 Å². The number of hydrogen-bond acceptors (Lipinski definition) is 5. The fourth-order valence-electron chi connectivity index (χ4n) is 4.46. The molecule has 0 spiro atoms. The standard InChI is InChI=1S/C26H25BrClN3O3S/c1-5-31-21-12-20(28)16(10-19(21)15(2)13-26(31,3)4)11-22-24(33)30(25(34)35-22)14-23(32)29-18-8-6-17(27)7-9-18/h6-13H,5,14H2,1-4H3,(H,29,32)/b22-11+. The van der Waals surface area contributed by atoms with Crippen molar-refractivity contribution in [2.24, 2.45) is 0 Å². The fourth-order valence-corrected chi connectivity index (χ4v) is 5.76. The average molecular weight is 575 g/mol. The van der Waals surface area contributed by atoms with Crippen LogP contribution in [0.25, 0.3) is 11.6 Å². The van der Waals surface area contributed by atoms with Gasteiger partial charge in [-0.15, -0.1) is 0 Å². The van der Waals surface area contributed by atoms with Crippen LogP contribution in [-0.2, 0) is 9.59 Å². The monoisotopic (exact) mass is 573 g/mol. The minimum absolute atomic E-state index is 0.143. The van der Waals surface area contributed by atoms with Gasteiger partial charge in [0.05, 0.1) is 10.4 Å². The molecular formula is C26H25BrClN3O3S. The molecule has 0 aliphatic carbocycles. The number of carbonyl (C=O) groups is 3. The number of halogens is 2. The van der Waals surface area contributed by atoms with Crippen LogP contribution in [-0.4, -0.2) is 40.6 Å². The lowest BCUT2D eigenvalue weighted by Gasteiger charge is -2.43. The number of imide groups is 1.